The molecule has 0 saturated carbocycles. The lowest BCUT2D eigenvalue weighted by molar-refractivity contribution is -0.127. The van der Waals surface area contributed by atoms with E-state index in [0.29, 0.717) is 22.5 Å². The fourth-order valence-electron chi connectivity index (χ4n) is 2.69. The van der Waals surface area contributed by atoms with Gasteiger partial charge in [-0.2, -0.15) is 0 Å². The molecule has 0 N–H and O–H groups in total. The molecule has 0 saturated heterocycles. The van der Waals surface area contributed by atoms with Crippen LogP contribution in [0, 0.1) is 0 Å². The van der Waals surface area contributed by atoms with Crippen LogP contribution in [0.25, 0.3) is 11.4 Å². The minimum absolute atomic E-state index is 0.00936. The highest BCUT2D eigenvalue weighted by molar-refractivity contribution is 7.99. The molecule has 0 radical (unpaired) electrons. The third kappa shape index (κ3) is 4.66. The number of hydrogen-bond donors (Lipinski definition) is 0. The van der Waals surface area contributed by atoms with Crippen molar-refractivity contribution in [3.8, 4) is 17.1 Å². The maximum atomic E-state index is 12.5. The Hall–Kier alpha value is -2.51. The van der Waals surface area contributed by atoms with Crippen LogP contribution in [0.2, 0.25) is 5.02 Å². The van der Waals surface area contributed by atoms with Crippen LogP contribution in [0.5, 0.6) is 5.75 Å². The van der Waals surface area contributed by atoms with E-state index in [1.54, 1.807) is 19.1 Å². The van der Waals surface area contributed by atoms with Gasteiger partial charge in [-0.15, -0.1) is 10.2 Å². The van der Waals surface area contributed by atoms with E-state index in [-0.39, 0.29) is 11.7 Å². The van der Waals surface area contributed by atoms with Gasteiger partial charge in [-0.3, -0.25) is 4.79 Å². The molecular formula is C20H21ClN4O2S. The highest BCUT2D eigenvalue weighted by Gasteiger charge is 2.16. The van der Waals surface area contributed by atoms with Gasteiger partial charge in [-0.1, -0.05) is 47.6 Å². The predicted molar refractivity (Wildman–Crippen MR) is 112 cm³/mol. The van der Waals surface area contributed by atoms with Gasteiger partial charge in [0.1, 0.15) is 5.75 Å². The Morgan fingerprint density at radius 2 is 2.00 bits per heavy atom. The number of ether oxygens (including phenoxy) is 1. The Labute approximate surface area is 173 Å². The Bertz CT molecular complexity index is 976. The quantitative estimate of drug-likeness (QED) is 0.547. The summed E-state index contributed by atoms with van der Waals surface area (Å²) in [6, 6.07) is 15.2. The first-order chi connectivity index (χ1) is 13.5. The Morgan fingerprint density at radius 3 is 2.75 bits per heavy atom. The summed E-state index contributed by atoms with van der Waals surface area (Å²) in [5, 5.41) is 9.71. The van der Waals surface area contributed by atoms with Crippen molar-refractivity contribution in [2.45, 2.75) is 11.7 Å². The molecule has 3 rings (SSSR count). The highest BCUT2D eigenvalue weighted by atomic mass is 35.5. The topological polar surface area (TPSA) is 60.2 Å². The van der Waals surface area contributed by atoms with Gasteiger partial charge in [-0.25, -0.2) is 0 Å². The average Bonchev–Trinajstić information content (AvgIpc) is 3.06. The first-order valence-corrected chi connectivity index (χ1v) is 10.00. The standard InChI is InChI=1S/C20H21ClN4O2S/c1-24(12-14-7-6-8-15(11-14)27-3)18(26)13-28-20-23-22-19(25(20)2)16-9-4-5-10-17(16)21/h4-11H,12-13H2,1-3H3. The fourth-order valence-corrected chi connectivity index (χ4v) is 3.76. The molecule has 28 heavy (non-hydrogen) atoms. The van der Waals surface area contributed by atoms with E-state index < -0.39 is 0 Å². The number of carbonyl (C=O) groups excluding carboxylic acids is 1. The van der Waals surface area contributed by atoms with Crippen molar-refractivity contribution in [2.75, 3.05) is 19.9 Å². The molecule has 146 valence electrons. The Balaban J connectivity index is 1.62. The smallest absolute Gasteiger partial charge is 0.233 e. The second-order valence-electron chi connectivity index (χ2n) is 6.24. The number of hydrogen-bond acceptors (Lipinski definition) is 5. The molecule has 0 spiro atoms. The molecule has 8 heteroatoms. The number of benzene rings is 2. The molecule has 0 atom stereocenters. The van der Waals surface area contributed by atoms with Gasteiger partial charge >= 0.3 is 0 Å². The summed E-state index contributed by atoms with van der Waals surface area (Å²) in [6.45, 7) is 0.514. The van der Waals surface area contributed by atoms with Crippen LogP contribution in [0.15, 0.2) is 53.7 Å². The zero-order valence-corrected chi connectivity index (χ0v) is 17.5. The maximum Gasteiger partial charge on any atom is 0.233 e. The first kappa shape index (κ1) is 20.2. The van der Waals surface area contributed by atoms with Crippen LogP contribution < -0.4 is 4.74 Å². The molecule has 1 heterocycles. The van der Waals surface area contributed by atoms with E-state index >= 15 is 0 Å². The van der Waals surface area contributed by atoms with Gasteiger partial charge in [0.15, 0.2) is 11.0 Å². The van der Waals surface area contributed by atoms with E-state index in [1.807, 2.05) is 60.1 Å². The number of carbonyl (C=O) groups is 1. The number of methoxy groups -OCH3 is 1. The largest absolute Gasteiger partial charge is 0.497 e. The van der Waals surface area contributed by atoms with Crippen LogP contribution in [-0.4, -0.2) is 45.5 Å². The summed E-state index contributed by atoms with van der Waals surface area (Å²) in [4.78, 5) is 14.2. The molecule has 3 aromatic rings. The minimum atomic E-state index is 0.00936. The molecule has 6 nitrogen and oxygen atoms in total. The number of amides is 1. The second-order valence-corrected chi connectivity index (χ2v) is 7.58. The minimum Gasteiger partial charge on any atom is -0.497 e. The zero-order chi connectivity index (χ0) is 20.1. The third-order valence-electron chi connectivity index (χ3n) is 4.25. The van der Waals surface area contributed by atoms with Crippen molar-refractivity contribution < 1.29 is 9.53 Å². The third-order valence-corrected chi connectivity index (χ3v) is 5.59. The molecule has 1 amide bonds. The molecular weight excluding hydrogens is 396 g/mol. The number of halogens is 1. The van der Waals surface area contributed by atoms with E-state index in [1.165, 1.54) is 11.8 Å². The molecule has 0 fully saturated rings. The van der Waals surface area contributed by atoms with Crippen molar-refractivity contribution >= 4 is 29.3 Å². The summed E-state index contributed by atoms with van der Waals surface area (Å²) >= 11 is 7.60. The Kier molecular flexibility index (Phi) is 6.59. The highest BCUT2D eigenvalue weighted by Crippen LogP contribution is 2.28. The van der Waals surface area contributed by atoms with Gasteiger partial charge in [0.05, 0.1) is 17.9 Å². The fraction of sp³-hybridized carbons (Fsp3) is 0.250. The summed E-state index contributed by atoms with van der Waals surface area (Å²) in [5.74, 6) is 1.73. The van der Waals surface area contributed by atoms with Crippen LogP contribution in [0.4, 0.5) is 0 Å². The van der Waals surface area contributed by atoms with Crippen molar-refractivity contribution in [3.63, 3.8) is 0 Å². The Morgan fingerprint density at radius 1 is 1.21 bits per heavy atom. The lowest BCUT2D eigenvalue weighted by Gasteiger charge is -2.17. The van der Waals surface area contributed by atoms with Gasteiger partial charge in [-0.05, 0) is 29.8 Å². The molecule has 1 aromatic heterocycles. The maximum absolute atomic E-state index is 12.5. The van der Waals surface area contributed by atoms with Crippen LogP contribution in [-0.2, 0) is 18.4 Å². The van der Waals surface area contributed by atoms with Crippen molar-refractivity contribution in [1.82, 2.24) is 19.7 Å². The monoisotopic (exact) mass is 416 g/mol. The number of nitrogens with zero attached hydrogens (tertiary/aromatic N) is 4. The van der Waals surface area contributed by atoms with Crippen LogP contribution in [0.3, 0.4) is 0 Å². The first-order valence-electron chi connectivity index (χ1n) is 8.63. The SMILES string of the molecule is COc1cccc(CN(C)C(=O)CSc2nnc(-c3ccccc3Cl)n2C)c1. The summed E-state index contributed by atoms with van der Waals surface area (Å²) in [6.07, 6.45) is 0. The summed E-state index contributed by atoms with van der Waals surface area (Å²) < 4.78 is 7.08. The van der Waals surface area contributed by atoms with Gasteiger partial charge in [0.2, 0.25) is 5.91 Å². The van der Waals surface area contributed by atoms with Crippen molar-refractivity contribution in [1.29, 1.82) is 0 Å². The number of rotatable bonds is 7. The lowest BCUT2D eigenvalue weighted by Crippen LogP contribution is -2.27. The number of thioether (sulfide) groups is 1. The molecule has 0 unspecified atom stereocenters. The normalized spacial score (nSPS) is 10.7. The second kappa shape index (κ2) is 9.12. The van der Waals surface area contributed by atoms with E-state index in [4.69, 9.17) is 16.3 Å². The average molecular weight is 417 g/mol. The van der Waals surface area contributed by atoms with Crippen LogP contribution >= 0.6 is 23.4 Å². The van der Waals surface area contributed by atoms with Gasteiger partial charge in [0, 0.05) is 26.2 Å². The van der Waals surface area contributed by atoms with Gasteiger partial charge < -0.3 is 14.2 Å². The summed E-state index contributed by atoms with van der Waals surface area (Å²) in [5.41, 5.74) is 1.83. The van der Waals surface area contributed by atoms with E-state index in [2.05, 4.69) is 10.2 Å². The lowest BCUT2D eigenvalue weighted by atomic mass is 10.2. The van der Waals surface area contributed by atoms with Gasteiger partial charge in [0.25, 0.3) is 0 Å². The van der Waals surface area contributed by atoms with Crippen molar-refractivity contribution in [2.24, 2.45) is 7.05 Å². The molecule has 2 aromatic carbocycles. The number of aromatic nitrogens is 3. The predicted octanol–water partition coefficient (Wildman–Crippen LogP) is 3.89. The van der Waals surface area contributed by atoms with E-state index in [9.17, 15) is 4.79 Å². The molecule has 0 aliphatic rings. The van der Waals surface area contributed by atoms with Crippen LogP contribution in [0.1, 0.15) is 5.56 Å². The molecule has 0 bridgehead atoms. The molecule has 0 aliphatic carbocycles. The molecule has 0 aliphatic heterocycles. The zero-order valence-electron chi connectivity index (χ0n) is 15.9. The van der Waals surface area contributed by atoms with Crippen molar-refractivity contribution in [3.05, 3.63) is 59.1 Å². The summed E-state index contributed by atoms with van der Waals surface area (Å²) in [7, 11) is 5.28. The van der Waals surface area contributed by atoms with E-state index in [0.717, 1.165) is 16.9 Å².